The maximum absolute atomic E-state index is 12.1. The van der Waals surface area contributed by atoms with Gasteiger partial charge in [-0.3, -0.25) is 4.79 Å². The SMILES string of the molecule is N[C@@H](C(=O)N[C@H](CO)c1ccccc1)c1ccccc1. The van der Waals surface area contributed by atoms with Gasteiger partial charge in [0.25, 0.3) is 0 Å². The quantitative estimate of drug-likeness (QED) is 0.771. The molecular weight excluding hydrogens is 252 g/mol. The van der Waals surface area contributed by atoms with Gasteiger partial charge in [0.1, 0.15) is 6.04 Å². The van der Waals surface area contributed by atoms with Gasteiger partial charge in [0.05, 0.1) is 12.6 Å². The van der Waals surface area contributed by atoms with Gasteiger partial charge in [-0.05, 0) is 11.1 Å². The largest absolute Gasteiger partial charge is 0.394 e. The first-order valence-electron chi connectivity index (χ1n) is 6.49. The van der Waals surface area contributed by atoms with Gasteiger partial charge in [0.15, 0.2) is 0 Å². The lowest BCUT2D eigenvalue weighted by molar-refractivity contribution is -0.123. The van der Waals surface area contributed by atoms with Crippen LogP contribution in [0.2, 0.25) is 0 Å². The van der Waals surface area contributed by atoms with Crippen LogP contribution >= 0.6 is 0 Å². The molecule has 0 aromatic heterocycles. The molecule has 2 rings (SSSR count). The Morgan fingerprint density at radius 1 is 1.00 bits per heavy atom. The third-order valence-corrected chi connectivity index (χ3v) is 3.14. The van der Waals surface area contributed by atoms with E-state index < -0.39 is 12.1 Å². The molecule has 4 heteroatoms. The number of hydrogen-bond donors (Lipinski definition) is 3. The average molecular weight is 270 g/mol. The standard InChI is InChI=1S/C16H18N2O2/c17-15(13-9-5-2-6-10-13)16(20)18-14(11-19)12-7-3-1-4-8-12/h1-10,14-15,19H,11,17H2,(H,18,20)/t14-,15-/m1/s1. The van der Waals surface area contributed by atoms with Crippen LogP contribution < -0.4 is 11.1 Å². The number of hydrogen-bond acceptors (Lipinski definition) is 3. The molecule has 0 saturated heterocycles. The zero-order valence-electron chi connectivity index (χ0n) is 11.1. The van der Waals surface area contributed by atoms with Crippen molar-refractivity contribution in [3.8, 4) is 0 Å². The third-order valence-electron chi connectivity index (χ3n) is 3.14. The van der Waals surface area contributed by atoms with E-state index in [-0.39, 0.29) is 12.5 Å². The van der Waals surface area contributed by atoms with Gasteiger partial charge in [-0.2, -0.15) is 0 Å². The summed E-state index contributed by atoms with van der Waals surface area (Å²) in [6.07, 6.45) is 0. The summed E-state index contributed by atoms with van der Waals surface area (Å²) in [6.45, 7) is -0.169. The number of nitrogens with one attached hydrogen (secondary N) is 1. The molecule has 0 bridgehead atoms. The Kier molecular flexibility index (Phi) is 4.87. The van der Waals surface area contributed by atoms with Crippen LogP contribution in [0.3, 0.4) is 0 Å². The van der Waals surface area contributed by atoms with Crippen molar-refractivity contribution in [3.63, 3.8) is 0 Å². The van der Waals surface area contributed by atoms with E-state index in [0.29, 0.717) is 0 Å². The maximum Gasteiger partial charge on any atom is 0.242 e. The molecule has 2 aromatic rings. The fourth-order valence-corrected chi connectivity index (χ4v) is 1.99. The highest BCUT2D eigenvalue weighted by molar-refractivity contribution is 5.83. The molecule has 0 fully saturated rings. The van der Waals surface area contributed by atoms with Crippen LogP contribution in [0.15, 0.2) is 60.7 Å². The molecule has 2 aromatic carbocycles. The molecular formula is C16H18N2O2. The van der Waals surface area contributed by atoms with Crippen molar-refractivity contribution in [2.75, 3.05) is 6.61 Å². The van der Waals surface area contributed by atoms with E-state index in [1.807, 2.05) is 48.5 Å². The van der Waals surface area contributed by atoms with Crippen molar-refractivity contribution in [2.24, 2.45) is 5.73 Å². The molecule has 4 N–H and O–H groups in total. The molecule has 0 aliphatic carbocycles. The second-order valence-corrected chi connectivity index (χ2v) is 4.54. The zero-order valence-corrected chi connectivity index (χ0v) is 11.1. The van der Waals surface area contributed by atoms with Gasteiger partial charge in [0, 0.05) is 0 Å². The Labute approximate surface area is 118 Å². The van der Waals surface area contributed by atoms with Crippen molar-refractivity contribution in [1.29, 1.82) is 0 Å². The zero-order chi connectivity index (χ0) is 14.4. The van der Waals surface area contributed by atoms with Crippen LogP contribution in [-0.2, 0) is 4.79 Å². The maximum atomic E-state index is 12.1. The van der Waals surface area contributed by atoms with Crippen LogP contribution in [0.25, 0.3) is 0 Å². The average Bonchev–Trinajstić information content (AvgIpc) is 2.53. The van der Waals surface area contributed by atoms with Crippen LogP contribution in [0.4, 0.5) is 0 Å². The summed E-state index contributed by atoms with van der Waals surface area (Å²) >= 11 is 0. The third kappa shape index (κ3) is 3.44. The molecule has 0 aliphatic heterocycles. The van der Waals surface area contributed by atoms with E-state index in [2.05, 4.69) is 5.32 Å². The van der Waals surface area contributed by atoms with Crippen molar-refractivity contribution < 1.29 is 9.90 Å². The Bertz CT molecular complexity index is 543. The van der Waals surface area contributed by atoms with Crippen molar-refractivity contribution in [3.05, 3.63) is 71.8 Å². The predicted molar refractivity (Wildman–Crippen MR) is 77.8 cm³/mol. The van der Waals surface area contributed by atoms with Gasteiger partial charge in [-0.1, -0.05) is 60.7 Å². The Balaban J connectivity index is 2.06. The number of benzene rings is 2. The van der Waals surface area contributed by atoms with Crippen LogP contribution in [0, 0.1) is 0 Å². The smallest absolute Gasteiger partial charge is 0.242 e. The minimum atomic E-state index is -0.742. The topological polar surface area (TPSA) is 75.4 Å². The van der Waals surface area contributed by atoms with Crippen molar-refractivity contribution >= 4 is 5.91 Å². The lowest BCUT2D eigenvalue weighted by atomic mass is 10.0. The van der Waals surface area contributed by atoms with Crippen molar-refractivity contribution in [1.82, 2.24) is 5.32 Å². The van der Waals surface area contributed by atoms with Gasteiger partial charge >= 0.3 is 0 Å². The molecule has 0 radical (unpaired) electrons. The second-order valence-electron chi connectivity index (χ2n) is 4.54. The summed E-state index contributed by atoms with van der Waals surface area (Å²) < 4.78 is 0. The summed E-state index contributed by atoms with van der Waals surface area (Å²) in [5.74, 6) is -0.306. The predicted octanol–water partition coefficient (Wildman–Crippen LogP) is 1.54. The molecule has 0 unspecified atom stereocenters. The molecule has 2 atom stereocenters. The van der Waals surface area contributed by atoms with E-state index in [9.17, 15) is 9.90 Å². The molecule has 104 valence electrons. The highest BCUT2D eigenvalue weighted by Crippen LogP contribution is 2.15. The first-order valence-corrected chi connectivity index (χ1v) is 6.49. The monoisotopic (exact) mass is 270 g/mol. The molecule has 4 nitrogen and oxygen atoms in total. The van der Waals surface area contributed by atoms with Crippen LogP contribution in [0.5, 0.6) is 0 Å². The van der Waals surface area contributed by atoms with Gasteiger partial charge < -0.3 is 16.2 Å². The minimum Gasteiger partial charge on any atom is -0.394 e. The number of carbonyl (C=O) groups is 1. The first-order chi connectivity index (χ1) is 9.72. The highest BCUT2D eigenvalue weighted by atomic mass is 16.3. The summed E-state index contributed by atoms with van der Waals surface area (Å²) in [5, 5.41) is 12.2. The number of amides is 1. The molecule has 20 heavy (non-hydrogen) atoms. The fourth-order valence-electron chi connectivity index (χ4n) is 1.99. The molecule has 0 spiro atoms. The lowest BCUT2D eigenvalue weighted by Gasteiger charge is -2.19. The van der Waals surface area contributed by atoms with Crippen LogP contribution in [0.1, 0.15) is 23.2 Å². The normalized spacial score (nSPS) is 13.5. The molecule has 0 saturated carbocycles. The second kappa shape index (κ2) is 6.84. The van der Waals surface area contributed by atoms with Gasteiger partial charge in [-0.25, -0.2) is 0 Å². The number of nitrogens with two attached hydrogens (primary N) is 1. The minimum absolute atomic E-state index is 0.169. The summed E-state index contributed by atoms with van der Waals surface area (Å²) in [6, 6.07) is 17.3. The fraction of sp³-hybridized carbons (Fsp3) is 0.188. The van der Waals surface area contributed by atoms with E-state index in [1.54, 1.807) is 12.1 Å². The molecule has 1 amide bonds. The Morgan fingerprint density at radius 2 is 1.50 bits per heavy atom. The van der Waals surface area contributed by atoms with Gasteiger partial charge in [0.2, 0.25) is 5.91 Å². The summed E-state index contributed by atoms with van der Waals surface area (Å²) in [5.41, 5.74) is 7.52. The van der Waals surface area contributed by atoms with E-state index in [0.717, 1.165) is 11.1 Å². The summed E-state index contributed by atoms with van der Waals surface area (Å²) in [7, 11) is 0. The Morgan fingerprint density at radius 3 is 2.00 bits per heavy atom. The number of aliphatic hydroxyl groups excluding tert-OH is 1. The van der Waals surface area contributed by atoms with Crippen LogP contribution in [-0.4, -0.2) is 17.6 Å². The van der Waals surface area contributed by atoms with E-state index in [4.69, 9.17) is 5.73 Å². The molecule has 0 heterocycles. The number of carbonyl (C=O) groups excluding carboxylic acids is 1. The molecule has 0 aliphatic rings. The highest BCUT2D eigenvalue weighted by Gasteiger charge is 2.19. The Hall–Kier alpha value is -2.17. The van der Waals surface area contributed by atoms with E-state index in [1.165, 1.54) is 0 Å². The summed E-state index contributed by atoms with van der Waals surface area (Å²) in [4.78, 5) is 12.1. The first kappa shape index (κ1) is 14.2. The number of rotatable bonds is 5. The van der Waals surface area contributed by atoms with Crippen molar-refractivity contribution in [2.45, 2.75) is 12.1 Å². The number of aliphatic hydroxyl groups is 1. The van der Waals surface area contributed by atoms with E-state index >= 15 is 0 Å². The van der Waals surface area contributed by atoms with Gasteiger partial charge in [-0.15, -0.1) is 0 Å². The lowest BCUT2D eigenvalue weighted by Crippen LogP contribution is -2.37.